The molecule has 0 atom stereocenters. The predicted molar refractivity (Wildman–Crippen MR) is 85.4 cm³/mol. The van der Waals surface area contributed by atoms with Gasteiger partial charge in [-0.2, -0.15) is 0 Å². The molecule has 112 valence electrons. The topological polar surface area (TPSA) is 49.8 Å². The van der Waals surface area contributed by atoms with Crippen LogP contribution in [0.2, 0.25) is 0 Å². The summed E-state index contributed by atoms with van der Waals surface area (Å²) < 4.78 is 0. The van der Waals surface area contributed by atoms with Gasteiger partial charge in [0.05, 0.1) is 0 Å². The number of hydrogen-bond donors (Lipinski definition) is 2. The summed E-state index contributed by atoms with van der Waals surface area (Å²) in [7, 11) is 1.92. The first kappa shape index (κ1) is 15.1. The Bertz CT molecular complexity index is 452. The normalized spacial score (nSPS) is 16.0. The van der Waals surface area contributed by atoms with Crippen molar-refractivity contribution in [3.05, 3.63) is 11.4 Å². The lowest BCUT2D eigenvalue weighted by molar-refractivity contribution is 0.485. The van der Waals surface area contributed by atoms with Crippen molar-refractivity contribution in [2.45, 2.75) is 59.3 Å². The summed E-state index contributed by atoms with van der Waals surface area (Å²) in [5.74, 6) is 2.90. The van der Waals surface area contributed by atoms with E-state index in [-0.39, 0.29) is 0 Å². The second-order valence-corrected chi connectivity index (χ2v) is 6.07. The van der Waals surface area contributed by atoms with Crippen LogP contribution in [0.15, 0.2) is 0 Å². The maximum absolute atomic E-state index is 4.70. The fourth-order valence-corrected chi connectivity index (χ4v) is 2.81. The van der Waals surface area contributed by atoms with E-state index in [2.05, 4.69) is 36.4 Å². The molecule has 1 aliphatic carbocycles. The number of hydrogen-bond acceptors (Lipinski definition) is 4. The maximum atomic E-state index is 4.70. The van der Waals surface area contributed by atoms with Crippen LogP contribution in [0.3, 0.4) is 0 Å². The first-order chi connectivity index (χ1) is 9.64. The summed E-state index contributed by atoms with van der Waals surface area (Å²) in [5, 5.41) is 6.76. The van der Waals surface area contributed by atoms with E-state index in [1.54, 1.807) is 0 Å². The summed E-state index contributed by atoms with van der Waals surface area (Å²) in [6.45, 7) is 7.57. The summed E-state index contributed by atoms with van der Waals surface area (Å²) in [5.41, 5.74) is 1.66. The Balaban J connectivity index is 2.11. The number of nitrogens with zero attached hydrogens (tertiary/aromatic N) is 2. The average Bonchev–Trinajstić information content (AvgIpc) is 3.20. The molecule has 2 rings (SSSR count). The lowest BCUT2D eigenvalue weighted by Gasteiger charge is -2.18. The van der Waals surface area contributed by atoms with E-state index in [0.717, 1.165) is 42.4 Å². The van der Waals surface area contributed by atoms with Crippen molar-refractivity contribution in [3.8, 4) is 0 Å². The Morgan fingerprint density at radius 1 is 1.10 bits per heavy atom. The molecular formula is C16H28N4. The number of rotatable bonds is 8. The lowest BCUT2D eigenvalue weighted by Crippen LogP contribution is -2.18. The van der Waals surface area contributed by atoms with Gasteiger partial charge >= 0.3 is 0 Å². The van der Waals surface area contributed by atoms with Gasteiger partial charge in [-0.15, -0.1) is 0 Å². The maximum Gasteiger partial charge on any atom is 0.134 e. The quantitative estimate of drug-likeness (QED) is 0.759. The Labute approximate surface area is 122 Å². The summed E-state index contributed by atoms with van der Waals surface area (Å²) in [6, 6.07) is 0. The highest BCUT2D eigenvalue weighted by molar-refractivity contribution is 5.57. The molecule has 20 heavy (non-hydrogen) atoms. The molecular weight excluding hydrogens is 248 g/mol. The fraction of sp³-hybridized carbons (Fsp3) is 0.750. The minimum atomic E-state index is 0.539. The average molecular weight is 276 g/mol. The van der Waals surface area contributed by atoms with Gasteiger partial charge in [-0.05, 0) is 38.0 Å². The first-order valence-electron chi connectivity index (χ1n) is 7.93. The zero-order valence-electron chi connectivity index (χ0n) is 13.3. The van der Waals surface area contributed by atoms with Gasteiger partial charge in [0.15, 0.2) is 0 Å². The largest absolute Gasteiger partial charge is 0.373 e. The SMILES string of the molecule is CCCc1nc(NC)c(C)c(NCC2(CCC)CC2)n1. The van der Waals surface area contributed by atoms with Crippen LogP contribution < -0.4 is 10.6 Å². The van der Waals surface area contributed by atoms with Crippen molar-refractivity contribution in [1.29, 1.82) is 0 Å². The molecule has 0 amide bonds. The molecule has 0 radical (unpaired) electrons. The molecule has 0 bridgehead atoms. The second kappa shape index (κ2) is 6.42. The van der Waals surface area contributed by atoms with Gasteiger partial charge in [0.25, 0.3) is 0 Å². The molecule has 0 unspecified atom stereocenters. The molecule has 4 heteroatoms. The van der Waals surface area contributed by atoms with Gasteiger partial charge in [-0.25, -0.2) is 9.97 Å². The Hall–Kier alpha value is -1.32. The minimum absolute atomic E-state index is 0.539. The Kier molecular flexibility index (Phi) is 4.84. The molecule has 1 fully saturated rings. The molecule has 1 aliphatic rings. The van der Waals surface area contributed by atoms with Gasteiger partial charge in [0.2, 0.25) is 0 Å². The van der Waals surface area contributed by atoms with E-state index in [4.69, 9.17) is 4.98 Å². The minimum Gasteiger partial charge on any atom is -0.373 e. The number of anilines is 2. The van der Waals surface area contributed by atoms with Crippen LogP contribution in [0.1, 0.15) is 57.3 Å². The van der Waals surface area contributed by atoms with Gasteiger partial charge in [-0.3, -0.25) is 0 Å². The highest BCUT2D eigenvalue weighted by atomic mass is 15.1. The zero-order chi connectivity index (χ0) is 14.6. The first-order valence-corrected chi connectivity index (χ1v) is 7.93. The third kappa shape index (κ3) is 3.41. The van der Waals surface area contributed by atoms with Crippen molar-refractivity contribution in [1.82, 2.24) is 9.97 Å². The summed E-state index contributed by atoms with van der Waals surface area (Å²) in [6.07, 6.45) is 7.32. The zero-order valence-corrected chi connectivity index (χ0v) is 13.3. The Morgan fingerprint density at radius 3 is 2.35 bits per heavy atom. The van der Waals surface area contributed by atoms with Gasteiger partial charge in [0.1, 0.15) is 17.5 Å². The van der Waals surface area contributed by atoms with Crippen LogP contribution in [-0.4, -0.2) is 23.6 Å². The third-order valence-electron chi connectivity index (χ3n) is 4.27. The van der Waals surface area contributed by atoms with Gasteiger partial charge < -0.3 is 10.6 Å². The van der Waals surface area contributed by atoms with Crippen LogP contribution in [-0.2, 0) is 6.42 Å². The predicted octanol–water partition coefficient (Wildman–Crippen LogP) is 3.77. The Morgan fingerprint density at radius 2 is 1.80 bits per heavy atom. The molecule has 0 spiro atoms. The highest BCUT2D eigenvalue weighted by Crippen LogP contribution is 2.49. The highest BCUT2D eigenvalue weighted by Gasteiger charge is 2.41. The monoisotopic (exact) mass is 276 g/mol. The standard InChI is InChI=1S/C16H28N4/c1-5-7-13-19-14(17-4)12(3)15(20-13)18-11-16(8-6-2)9-10-16/h5-11H2,1-4H3,(H2,17,18,19,20). The van der Waals surface area contributed by atoms with Crippen molar-refractivity contribution in [2.24, 2.45) is 5.41 Å². The summed E-state index contributed by atoms with van der Waals surface area (Å²) in [4.78, 5) is 9.27. The molecule has 0 saturated heterocycles. The smallest absolute Gasteiger partial charge is 0.134 e. The van der Waals surface area contributed by atoms with E-state index in [0.29, 0.717) is 5.41 Å². The van der Waals surface area contributed by atoms with E-state index >= 15 is 0 Å². The van der Waals surface area contributed by atoms with Crippen molar-refractivity contribution in [3.63, 3.8) is 0 Å². The van der Waals surface area contributed by atoms with E-state index in [9.17, 15) is 0 Å². The van der Waals surface area contributed by atoms with Gasteiger partial charge in [0, 0.05) is 25.6 Å². The van der Waals surface area contributed by atoms with Crippen LogP contribution in [0.25, 0.3) is 0 Å². The van der Waals surface area contributed by atoms with Crippen LogP contribution >= 0.6 is 0 Å². The lowest BCUT2D eigenvalue weighted by atomic mass is 10.0. The van der Waals surface area contributed by atoms with Gasteiger partial charge in [-0.1, -0.05) is 20.3 Å². The molecule has 0 aliphatic heterocycles. The fourth-order valence-electron chi connectivity index (χ4n) is 2.81. The van der Waals surface area contributed by atoms with Crippen LogP contribution in [0.4, 0.5) is 11.6 Å². The molecule has 4 nitrogen and oxygen atoms in total. The molecule has 1 aromatic rings. The number of aromatic nitrogens is 2. The van der Waals surface area contributed by atoms with Crippen molar-refractivity contribution in [2.75, 3.05) is 24.2 Å². The molecule has 1 aromatic heterocycles. The number of nitrogens with one attached hydrogen (secondary N) is 2. The van der Waals surface area contributed by atoms with Crippen LogP contribution in [0, 0.1) is 12.3 Å². The van der Waals surface area contributed by atoms with Crippen LogP contribution in [0.5, 0.6) is 0 Å². The van der Waals surface area contributed by atoms with E-state index < -0.39 is 0 Å². The molecule has 1 heterocycles. The molecule has 2 N–H and O–H groups in total. The second-order valence-electron chi connectivity index (χ2n) is 6.07. The van der Waals surface area contributed by atoms with E-state index in [1.165, 1.54) is 25.7 Å². The van der Waals surface area contributed by atoms with Crippen molar-refractivity contribution < 1.29 is 0 Å². The summed E-state index contributed by atoms with van der Waals surface area (Å²) >= 11 is 0. The third-order valence-corrected chi connectivity index (χ3v) is 4.27. The molecule has 1 saturated carbocycles. The molecule has 0 aromatic carbocycles. The van der Waals surface area contributed by atoms with Crippen molar-refractivity contribution >= 4 is 11.6 Å². The van der Waals surface area contributed by atoms with E-state index in [1.807, 2.05) is 7.05 Å². The number of aryl methyl sites for hydroxylation is 1.